The van der Waals surface area contributed by atoms with Crippen molar-refractivity contribution in [2.45, 2.75) is 59.0 Å². The topological polar surface area (TPSA) is 47.1 Å². The zero-order valence-corrected chi connectivity index (χ0v) is 15.1. The van der Waals surface area contributed by atoms with E-state index in [1.807, 2.05) is 26.5 Å². The van der Waals surface area contributed by atoms with E-state index in [2.05, 4.69) is 20.8 Å². The van der Waals surface area contributed by atoms with Gasteiger partial charge in [-0.1, -0.05) is 0 Å². The monoisotopic (exact) mass is 324 g/mol. The lowest BCUT2D eigenvalue weighted by Gasteiger charge is -2.41. The molecule has 0 aromatic rings. The van der Waals surface area contributed by atoms with Gasteiger partial charge in [-0.25, -0.2) is 9.59 Å². The molecular formula is C17H32N4O2. The summed E-state index contributed by atoms with van der Waals surface area (Å²) in [6, 6.07) is 0.738. The van der Waals surface area contributed by atoms with E-state index in [4.69, 9.17) is 0 Å². The van der Waals surface area contributed by atoms with Crippen LogP contribution in [0.3, 0.4) is 0 Å². The van der Waals surface area contributed by atoms with Gasteiger partial charge in [-0.2, -0.15) is 0 Å². The highest BCUT2D eigenvalue weighted by molar-refractivity contribution is 5.76. The Labute approximate surface area is 140 Å². The molecule has 0 N–H and O–H groups in total. The molecule has 0 spiro atoms. The molecule has 4 amide bonds. The highest BCUT2D eigenvalue weighted by atomic mass is 16.2. The third-order valence-electron chi connectivity index (χ3n) is 5.04. The minimum absolute atomic E-state index is 0.151. The minimum Gasteiger partial charge on any atom is -0.325 e. The van der Waals surface area contributed by atoms with Crippen molar-refractivity contribution in [2.24, 2.45) is 0 Å². The van der Waals surface area contributed by atoms with Crippen LogP contribution in [0.2, 0.25) is 0 Å². The third kappa shape index (κ3) is 4.09. The number of carbonyl (C=O) groups is 2. The molecule has 2 rings (SSSR count). The van der Waals surface area contributed by atoms with Gasteiger partial charge in [0.15, 0.2) is 0 Å². The van der Waals surface area contributed by atoms with Crippen LogP contribution in [0.25, 0.3) is 0 Å². The molecule has 1 unspecified atom stereocenters. The quantitative estimate of drug-likeness (QED) is 0.753. The molecule has 0 aromatic heterocycles. The highest BCUT2D eigenvalue weighted by Gasteiger charge is 2.30. The van der Waals surface area contributed by atoms with Gasteiger partial charge < -0.3 is 19.6 Å². The molecule has 6 nitrogen and oxygen atoms in total. The fourth-order valence-electron chi connectivity index (χ4n) is 3.50. The van der Waals surface area contributed by atoms with Crippen LogP contribution in [0, 0.1) is 0 Å². The second-order valence-electron chi connectivity index (χ2n) is 6.96. The Morgan fingerprint density at radius 2 is 1.43 bits per heavy atom. The molecule has 6 heteroatoms. The van der Waals surface area contributed by atoms with Crippen molar-refractivity contribution in [3.05, 3.63) is 0 Å². The molecule has 1 atom stereocenters. The second-order valence-corrected chi connectivity index (χ2v) is 6.96. The number of hydrogen-bond donors (Lipinski definition) is 0. The lowest BCUT2D eigenvalue weighted by molar-refractivity contribution is 0.0970. The molecule has 0 saturated carbocycles. The first kappa shape index (κ1) is 17.9. The summed E-state index contributed by atoms with van der Waals surface area (Å²) in [5.74, 6) is 0. The number of hydrogen-bond acceptors (Lipinski definition) is 2. The molecular weight excluding hydrogens is 292 g/mol. The van der Waals surface area contributed by atoms with Crippen molar-refractivity contribution in [3.8, 4) is 0 Å². The normalized spacial score (nSPS) is 21.4. The van der Waals surface area contributed by atoms with Crippen LogP contribution in [0.1, 0.15) is 47.0 Å². The standard InChI is InChI=1S/C17H32N4O2/c1-5-18-9-6-12-21(16(18)22)15(4)8-13-19-10-7-11-20(14(2)3)17(19)23/h14-15H,5-13H2,1-4H3. The summed E-state index contributed by atoms with van der Waals surface area (Å²) in [4.78, 5) is 32.7. The van der Waals surface area contributed by atoms with Crippen LogP contribution in [-0.2, 0) is 0 Å². The maximum absolute atomic E-state index is 12.5. The summed E-state index contributed by atoms with van der Waals surface area (Å²) in [5.41, 5.74) is 0. The van der Waals surface area contributed by atoms with Crippen LogP contribution in [0.5, 0.6) is 0 Å². The first-order valence-corrected chi connectivity index (χ1v) is 9.06. The maximum Gasteiger partial charge on any atom is 0.320 e. The van der Waals surface area contributed by atoms with E-state index in [1.54, 1.807) is 0 Å². The predicted octanol–water partition coefficient (Wildman–Crippen LogP) is 2.45. The number of urea groups is 2. The largest absolute Gasteiger partial charge is 0.325 e. The maximum atomic E-state index is 12.5. The highest BCUT2D eigenvalue weighted by Crippen LogP contribution is 2.17. The first-order valence-electron chi connectivity index (χ1n) is 9.06. The molecule has 2 aliphatic heterocycles. The summed E-state index contributed by atoms with van der Waals surface area (Å²) in [6.45, 7) is 13.2. The van der Waals surface area contributed by atoms with Gasteiger partial charge >= 0.3 is 12.1 Å². The van der Waals surface area contributed by atoms with Gasteiger partial charge in [0.05, 0.1) is 0 Å². The SMILES string of the molecule is CCN1CCCN(C(C)CCN2CCCN(C(C)C)C2=O)C1=O. The Morgan fingerprint density at radius 1 is 0.870 bits per heavy atom. The van der Waals surface area contributed by atoms with E-state index in [9.17, 15) is 9.59 Å². The molecule has 23 heavy (non-hydrogen) atoms. The minimum atomic E-state index is 0.151. The Bertz CT molecular complexity index is 427. The van der Waals surface area contributed by atoms with Gasteiger partial charge in [-0.05, 0) is 47.0 Å². The first-order chi connectivity index (χ1) is 11.0. The predicted molar refractivity (Wildman–Crippen MR) is 91.5 cm³/mol. The average molecular weight is 324 g/mol. The van der Waals surface area contributed by atoms with E-state index in [0.29, 0.717) is 0 Å². The fraction of sp³-hybridized carbons (Fsp3) is 0.882. The van der Waals surface area contributed by atoms with Gasteiger partial charge in [0.1, 0.15) is 0 Å². The van der Waals surface area contributed by atoms with Crippen LogP contribution < -0.4 is 0 Å². The average Bonchev–Trinajstić information content (AvgIpc) is 2.53. The molecule has 0 bridgehead atoms. The number of rotatable bonds is 6. The molecule has 132 valence electrons. The van der Waals surface area contributed by atoms with Gasteiger partial charge in [0.25, 0.3) is 0 Å². The molecule has 2 heterocycles. The van der Waals surface area contributed by atoms with Crippen LogP contribution in [0.4, 0.5) is 9.59 Å². The second kappa shape index (κ2) is 7.88. The Hall–Kier alpha value is -1.46. The number of nitrogens with zero attached hydrogens (tertiary/aromatic N) is 4. The number of carbonyl (C=O) groups excluding carboxylic acids is 2. The summed E-state index contributed by atoms with van der Waals surface area (Å²) >= 11 is 0. The van der Waals surface area contributed by atoms with E-state index in [0.717, 1.165) is 58.5 Å². The van der Waals surface area contributed by atoms with E-state index in [1.165, 1.54) is 0 Å². The van der Waals surface area contributed by atoms with E-state index >= 15 is 0 Å². The van der Waals surface area contributed by atoms with Gasteiger partial charge in [0, 0.05) is 51.4 Å². The van der Waals surface area contributed by atoms with Crippen molar-refractivity contribution < 1.29 is 9.59 Å². The van der Waals surface area contributed by atoms with Gasteiger partial charge in [-0.15, -0.1) is 0 Å². The van der Waals surface area contributed by atoms with Crippen LogP contribution >= 0.6 is 0 Å². The summed E-state index contributed by atoms with van der Waals surface area (Å²) in [6.07, 6.45) is 2.92. The Balaban J connectivity index is 1.87. The van der Waals surface area contributed by atoms with Crippen molar-refractivity contribution in [3.63, 3.8) is 0 Å². The third-order valence-corrected chi connectivity index (χ3v) is 5.04. The van der Waals surface area contributed by atoms with Gasteiger partial charge in [0.2, 0.25) is 0 Å². The zero-order valence-electron chi connectivity index (χ0n) is 15.1. The number of amides is 4. The lowest BCUT2D eigenvalue weighted by atomic mass is 10.1. The lowest BCUT2D eigenvalue weighted by Crippen LogP contribution is -2.54. The molecule has 0 aromatic carbocycles. The summed E-state index contributed by atoms with van der Waals surface area (Å²) in [5, 5.41) is 0. The molecule has 2 saturated heterocycles. The van der Waals surface area contributed by atoms with Crippen LogP contribution in [-0.4, -0.2) is 83.0 Å². The molecule has 2 fully saturated rings. The van der Waals surface area contributed by atoms with Crippen molar-refractivity contribution in [1.82, 2.24) is 19.6 Å². The van der Waals surface area contributed by atoms with E-state index in [-0.39, 0.29) is 24.1 Å². The van der Waals surface area contributed by atoms with E-state index < -0.39 is 0 Å². The summed E-state index contributed by atoms with van der Waals surface area (Å²) < 4.78 is 0. The smallest absolute Gasteiger partial charge is 0.320 e. The van der Waals surface area contributed by atoms with Crippen LogP contribution in [0.15, 0.2) is 0 Å². The van der Waals surface area contributed by atoms with Gasteiger partial charge in [-0.3, -0.25) is 0 Å². The van der Waals surface area contributed by atoms with Crippen molar-refractivity contribution in [1.29, 1.82) is 0 Å². The molecule has 0 aliphatic carbocycles. The summed E-state index contributed by atoms with van der Waals surface area (Å²) in [7, 11) is 0. The molecule has 2 aliphatic rings. The Morgan fingerprint density at radius 3 is 2.04 bits per heavy atom. The Kier molecular flexibility index (Phi) is 6.13. The van der Waals surface area contributed by atoms with Crippen molar-refractivity contribution in [2.75, 3.05) is 39.3 Å². The fourth-order valence-corrected chi connectivity index (χ4v) is 3.50. The zero-order chi connectivity index (χ0) is 17.0. The van der Waals surface area contributed by atoms with Crippen molar-refractivity contribution >= 4 is 12.1 Å². The molecule has 0 radical (unpaired) electrons.